The fourth-order valence-electron chi connectivity index (χ4n) is 1.79. The molecule has 0 aliphatic rings. The Balaban J connectivity index is 2.35. The van der Waals surface area contributed by atoms with Crippen LogP contribution in [0.2, 0.25) is 10.0 Å². The molecule has 8 heteroatoms. The van der Waals surface area contributed by atoms with E-state index in [4.69, 9.17) is 33.4 Å². The average molecular weight is 349 g/mol. The van der Waals surface area contributed by atoms with E-state index < -0.39 is 10.0 Å². The van der Waals surface area contributed by atoms with Gasteiger partial charge in [-0.3, -0.25) is 0 Å². The van der Waals surface area contributed by atoms with Gasteiger partial charge in [-0.2, -0.15) is 4.31 Å². The van der Waals surface area contributed by atoms with E-state index in [0.717, 1.165) is 4.31 Å². The fraction of sp³-hybridized carbons (Fsp3) is 0.231. The van der Waals surface area contributed by atoms with Crippen molar-refractivity contribution in [1.82, 2.24) is 4.31 Å². The van der Waals surface area contributed by atoms with Gasteiger partial charge in [0.25, 0.3) is 0 Å². The maximum Gasteiger partial charge on any atom is 0.244 e. The van der Waals surface area contributed by atoms with E-state index in [9.17, 15) is 8.42 Å². The van der Waals surface area contributed by atoms with Crippen LogP contribution in [0.3, 0.4) is 0 Å². The van der Waals surface area contributed by atoms with E-state index in [0.29, 0.717) is 11.5 Å². The van der Waals surface area contributed by atoms with Gasteiger partial charge in [0.2, 0.25) is 10.0 Å². The number of benzene rings is 1. The summed E-state index contributed by atoms with van der Waals surface area (Å²) >= 11 is 11.8. The lowest BCUT2D eigenvalue weighted by molar-refractivity contribution is 0.397. The summed E-state index contributed by atoms with van der Waals surface area (Å²) in [6, 6.07) is 6.23. The summed E-state index contributed by atoms with van der Waals surface area (Å²) in [6.45, 7) is 1.88. The lowest BCUT2D eigenvalue weighted by Crippen LogP contribution is -2.26. The third-order valence-electron chi connectivity index (χ3n) is 2.95. The van der Waals surface area contributed by atoms with Crippen LogP contribution in [-0.2, 0) is 16.6 Å². The molecule has 2 rings (SSSR count). The summed E-state index contributed by atoms with van der Waals surface area (Å²) < 4.78 is 31.6. The Bertz CT molecular complexity index is 772. The van der Waals surface area contributed by atoms with Crippen molar-refractivity contribution in [2.45, 2.75) is 18.4 Å². The molecule has 0 fully saturated rings. The number of aryl methyl sites for hydroxylation is 1. The van der Waals surface area contributed by atoms with Gasteiger partial charge < -0.3 is 10.2 Å². The lowest BCUT2D eigenvalue weighted by atomic mass is 10.3. The van der Waals surface area contributed by atoms with Crippen LogP contribution in [0.5, 0.6) is 0 Å². The van der Waals surface area contributed by atoms with Gasteiger partial charge in [0, 0.05) is 7.05 Å². The quantitative estimate of drug-likeness (QED) is 0.860. The Morgan fingerprint density at radius 1 is 1.24 bits per heavy atom. The maximum absolute atomic E-state index is 12.5. The van der Waals surface area contributed by atoms with Crippen LogP contribution in [0.1, 0.15) is 11.5 Å². The number of sulfonamides is 1. The van der Waals surface area contributed by atoms with Gasteiger partial charge in [-0.15, -0.1) is 0 Å². The Hall–Kier alpha value is -1.21. The van der Waals surface area contributed by atoms with Crippen molar-refractivity contribution in [3.8, 4) is 0 Å². The molecule has 0 spiro atoms. The molecule has 21 heavy (non-hydrogen) atoms. The second-order valence-electron chi connectivity index (χ2n) is 4.55. The van der Waals surface area contributed by atoms with E-state index in [2.05, 4.69) is 0 Å². The van der Waals surface area contributed by atoms with Gasteiger partial charge >= 0.3 is 0 Å². The number of anilines is 1. The van der Waals surface area contributed by atoms with Gasteiger partial charge in [0.15, 0.2) is 0 Å². The molecule has 5 nitrogen and oxygen atoms in total. The van der Waals surface area contributed by atoms with E-state index in [1.807, 2.05) is 0 Å². The molecule has 1 heterocycles. The van der Waals surface area contributed by atoms with Crippen molar-refractivity contribution >= 4 is 38.9 Å². The molecule has 0 unspecified atom stereocenters. The topological polar surface area (TPSA) is 76.5 Å². The van der Waals surface area contributed by atoms with Crippen LogP contribution >= 0.6 is 23.2 Å². The SMILES string of the molecule is Cc1ccc(CN(C)S(=O)(=O)c2ccc(Cl)c(N)c2Cl)o1. The normalized spacial score (nSPS) is 12.0. The molecular formula is C13H14Cl2N2O3S. The minimum atomic E-state index is -3.80. The fourth-order valence-corrected chi connectivity index (χ4v) is 3.66. The Kier molecular flexibility index (Phi) is 4.53. The van der Waals surface area contributed by atoms with Gasteiger partial charge in [0.1, 0.15) is 16.4 Å². The third-order valence-corrected chi connectivity index (χ3v) is 5.65. The number of nitrogens with zero attached hydrogens (tertiary/aromatic N) is 1. The molecule has 0 aliphatic heterocycles. The Morgan fingerprint density at radius 3 is 2.48 bits per heavy atom. The van der Waals surface area contributed by atoms with Crippen molar-refractivity contribution in [1.29, 1.82) is 0 Å². The van der Waals surface area contributed by atoms with Gasteiger partial charge in [-0.25, -0.2) is 8.42 Å². The van der Waals surface area contributed by atoms with Crippen molar-refractivity contribution in [3.63, 3.8) is 0 Å². The van der Waals surface area contributed by atoms with Crippen molar-refractivity contribution < 1.29 is 12.8 Å². The summed E-state index contributed by atoms with van der Waals surface area (Å²) in [5, 5.41) is 0.133. The van der Waals surface area contributed by atoms with Crippen LogP contribution in [0, 0.1) is 6.92 Å². The Labute approximate surface area is 133 Å². The molecule has 2 N–H and O–H groups in total. The monoisotopic (exact) mass is 348 g/mol. The first-order valence-electron chi connectivity index (χ1n) is 5.98. The summed E-state index contributed by atoms with van der Waals surface area (Å²) in [4.78, 5) is -0.0863. The largest absolute Gasteiger partial charge is 0.465 e. The van der Waals surface area contributed by atoms with Crippen molar-refractivity contribution in [3.05, 3.63) is 45.8 Å². The number of furan rings is 1. The highest BCUT2D eigenvalue weighted by Crippen LogP contribution is 2.34. The molecule has 0 saturated carbocycles. The van der Waals surface area contributed by atoms with E-state index >= 15 is 0 Å². The van der Waals surface area contributed by atoms with Crippen LogP contribution in [0.25, 0.3) is 0 Å². The second-order valence-corrected chi connectivity index (χ2v) is 7.35. The smallest absolute Gasteiger partial charge is 0.244 e. The first-order chi connectivity index (χ1) is 9.73. The third kappa shape index (κ3) is 3.18. The molecule has 2 aromatic rings. The minimum Gasteiger partial charge on any atom is -0.465 e. The zero-order chi connectivity index (χ0) is 15.8. The summed E-state index contributed by atoms with van der Waals surface area (Å²) in [7, 11) is -2.36. The molecule has 0 bridgehead atoms. The summed E-state index contributed by atoms with van der Waals surface area (Å²) in [5.41, 5.74) is 5.71. The highest BCUT2D eigenvalue weighted by Gasteiger charge is 2.26. The van der Waals surface area contributed by atoms with Crippen LogP contribution in [0.4, 0.5) is 5.69 Å². The van der Waals surface area contributed by atoms with Crippen LogP contribution in [0.15, 0.2) is 33.6 Å². The predicted octanol–water partition coefficient (Wildman–Crippen LogP) is 3.30. The number of rotatable bonds is 4. The molecule has 0 amide bonds. The first kappa shape index (κ1) is 16.2. The molecule has 1 aromatic heterocycles. The van der Waals surface area contributed by atoms with Crippen LogP contribution < -0.4 is 5.73 Å². The molecule has 0 saturated heterocycles. The van der Waals surface area contributed by atoms with Gasteiger partial charge in [0.05, 0.1) is 22.3 Å². The number of hydrogen-bond donors (Lipinski definition) is 1. The minimum absolute atomic E-state index is 0.0432. The van der Waals surface area contributed by atoms with Crippen molar-refractivity contribution in [2.75, 3.05) is 12.8 Å². The summed E-state index contributed by atoms with van der Waals surface area (Å²) in [6.07, 6.45) is 0. The number of halogens is 2. The molecule has 0 radical (unpaired) electrons. The number of hydrogen-bond acceptors (Lipinski definition) is 4. The van der Waals surface area contributed by atoms with E-state index in [1.54, 1.807) is 19.1 Å². The standard InChI is InChI=1S/C13H14Cl2N2O3S/c1-8-3-4-9(20-8)7-17(2)21(18,19)11-6-5-10(14)13(16)12(11)15/h3-6H,7,16H2,1-2H3. The molecule has 1 aromatic carbocycles. The molecular weight excluding hydrogens is 335 g/mol. The van der Waals surface area contributed by atoms with Crippen molar-refractivity contribution in [2.24, 2.45) is 0 Å². The maximum atomic E-state index is 12.5. The molecule has 0 aliphatic carbocycles. The number of nitrogen functional groups attached to an aromatic ring is 1. The second kappa shape index (κ2) is 5.88. The predicted molar refractivity (Wildman–Crippen MR) is 83.0 cm³/mol. The molecule has 114 valence electrons. The highest BCUT2D eigenvalue weighted by molar-refractivity contribution is 7.89. The lowest BCUT2D eigenvalue weighted by Gasteiger charge is -2.17. The van der Waals surface area contributed by atoms with E-state index in [-0.39, 0.29) is 27.2 Å². The molecule has 0 atom stereocenters. The van der Waals surface area contributed by atoms with E-state index in [1.165, 1.54) is 19.2 Å². The van der Waals surface area contributed by atoms with Gasteiger partial charge in [-0.1, -0.05) is 23.2 Å². The number of nitrogens with two attached hydrogens (primary N) is 1. The summed E-state index contributed by atoms with van der Waals surface area (Å²) in [5.74, 6) is 1.25. The Morgan fingerprint density at radius 2 is 1.90 bits per heavy atom. The van der Waals surface area contributed by atoms with Gasteiger partial charge in [-0.05, 0) is 31.2 Å². The zero-order valence-corrected chi connectivity index (χ0v) is 13.8. The van der Waals surface area contributed by atoms with Crippen LogP contribution in [-0.4, -0.2) is 19.8 Å². The zero-order valence-electron chi connectivity index (χ0n) is 11.4. The first-order valence-corrected chi connectivity index (χ1v) is 8.18. The average Bonchev–Trinajstić information content (AvgIpc) is 2.81. The highest BCUT2D eigenvalue weighted by atomic mass is 35.5.